The van der Waals surface area contributed by atoms with Gasteiger partial charge < -0.3 is 30.6 Å². The third kappa shape index (κ3) is 4.76. The van der Waals surface area contributed by atoms with E-state index in [1.165, 1.54) is 6.07 Å². The van der Waals surface area contributed by atoms with Crippen LogP contribution >= 0.6 is 0 Å². The standard InChI is InChI=1S/C19H27N5O5/c1-2-29-11-16(25)21-7-15-13-6-12(14-4-3-5-17(26)24(14)15)9-23(10-13)18(27)8-22-19(20)28/h3-5,12-13,15H,2,6-11H2,1H3,(H,21,25)(H3,20,22,28)/t12-,13+,15+/m1/s1. The van der Waals surface area contributed by atoms with Gasteiger partial charge in [0.25, 0.3) is 5.56 Å². The Balaban J connectivity index is 1.80. The lowest BCUT2D eigenvalue weighted by atomic mass is 9.78. The Labute approximate surface area is 168 Å². The SMILES string of the molecule is CCOCC(=O)NC[C@H]1[C@H]2C[C@H](CN(C(=O)CNC(N)=O)C2)c2cccc(=O)n21. The van der Waals surface area contributed by atoms with Gasteiger partial charge in [-0.25, -0.2) is 4.79 Å². The first-order chi connectivity index (χ1) is 13.9. The summed E-state index contributed by atoms with van der Waals surface area (Å²) in [5, 5.41) is 5.17. The molecule has 0 radical (unpaired) electrons. The first-order valence-corrected chi connectivity index (χ1v) is 9.77. The normalized spacial score (nSPS) is 22.5. The molecule has 4 N–H and O–H groups in total. The number of fused-ring (bicyclic) bond motifs is 4. The number of hydrogen-bond donors (Lipinski definition) is 3. The van der Waals surface area contributed by atoms with Crippen LogP contribution in [0.15, 0.2) is 23.0 Å². The maximum Gasteiger partial charge on any atom is 0.312 e. The van der Waals surface area contributed by atoms with E-state index in [1.54, 1.807) is 15.5 Å². The molecule has 3 rings (SSSR count). The van der Waals surface area contributed by atoms with Gasteiger partial charge in [-0.1, -0.05) is 6.07 Å². The van der Waals surface area contributed by atoms with Crippen molar-refractivity contribution in [1.29, 1.82) is 0 Å². The van der Waals surface area contributed by atoms with Crippen molar-refractivity contribution in [2.75, 3.05) is 39.4 Å². The van der Waals surface area contributed by atoms with Gasteiger partial charge in [0, 0.05) is 43.9 Å². The van der Waals surface area contributed by atoms with E-state index in [-0.39, 0.29) is 54.9 Å². The van der Waals surface area contributed by atoms with Crippen LogP contribution < -0.4 is 21.9 Å². The zero-order valence-electron chi connectivity index (χ0n) is 16.4. The maximum atomic E-state index is 12.6. The Morgan fingerprint density at radius 2 is 2.03 bits per heavy atom. The van der Waals surface area contributed by atoms with Gasteiger partial charge in [0.2, 0.25) is 11.8 Å². The minimum atomic E-state index is -0.748. The smallest absolute Gasteiger partial charge is 0.312 e. The van der Waals surface area contributed by atoms with Crippen molar-refractivity contribution in [3.63, 3.8) is 0 Å². The fraction of sp³-hybridized carbons (Fsp3) is 0.579. The monoisotopic (exact) mass is 405 g/mol. The summed E-state index contributed by atoms with van der Waals surface area (Å²) in [7, 11) is 0. The molecule has 2 bridgehead atoms. The largest absolute Gasteiger partial charge is 0.372 e. The highest BCUT2D eigenvalue weighted by Crippen LogP contribution is 2.40. The number of pyridine rings is 1. The molecule has 0 unspecified atom stereocenters. The maximum absolute atomic E-state index is 12.6. The van der Waals surface area contributed by atoms with Crippen molar-refractivity contribution in [3.05, 3.63) is 34.2 Å². The van der Waals surface area contributed by atoms with E-state index in [0.717, 1.165) is 12.1 Å². The van der Waals surface area contributed by atoms with Crippen molar-refractivity contribution < 1.29 is 19.1 Å². The van der Waals surface area contributed by atoms with Crippen LogP contribution in [0, 0.1) is 5.92 Å². The highest BCUT2D eigenvalue weighted by Gasteiger charge is 2.41. The molecule has 3 heterocycles. The molecule has 0 spiro atoms. The number of ether oxygens (including phenoxy) is 1. The summed E-state index contributed by atoms with van der Waals surface area (Å²) in [4.78, 5) is 49.7. The van der Waals surface area contributed by atoms with Gasteiger partial charge in [-0.15, -0.1) is 0 Å². The summed E-state index contributed by atoms with van der Waals surface area (Å²) in [6.07, 6.45) is 0.822. The topological polar surface area (TPSA) is 136 Å². The fourth-order valence-electron chi connectivity index (χ4n) is 4.25. The second-order valence-electron chi connectivity index (χ2n) is 7.38. The van der Waals surface area contributed by atoms with Crippen LogP contribution in [0.25, 0.3) is 0 Å². The Bertz CT molecular complexity index is 839. The van der Waals surface area contributed by atoms with Crippen LogP contribution in [0.2, 0.25) is 0 Å². The first kappa shape index (κ1) is 20.8. The molecule has 158 valence electrons. The fourth-order valence-corrected chi connectivity index (χ4v) is 4.25. The van der Waals surface area contributed by atoms with Crippen molar-refractivity contribution in [1.82, 2.24) is 20.1 Å². The third-order valence-electron chi connectivity index (χ3n) is 5.51. The molecule has 2 aliphatic rings. The number of primary amides is 1. The lowest BCUT2D eigenvalue weighted by Gasteiger charge is -2.47. The van der Waals surface area contributed by atoms with Crippen molar-refractivity contribution in [3.8, 4) is 0 Å². The number of urea groups is 1. The van der Waals surface area contributed by atoms with E-state index in [2.05, 4.69) is 10.6 Å². The summed E-state index contributed by atoms with van der Waals surface area (Å²) in [6, 6.07) is 4.11. The zero-order chi connectivity index (χ0) is 21.0. The molecule has 0 aromatic carbocycles. The van der Waals surface area contributed by atoms with Gasteiger partial charge in [0.1, 0.15) is 6.61 Å². The average molecular weight is 405 g/mol. The number of nitrogens with one attached hydrogen (secondary N) is 2. The highest BCUT2D eigenvalue weighted by molar-refractivity contribution is 5.83. The number of carbonyl (C=O) groups is 3. The minimum absolute atomic E-state index is 0.00581. The van der Waals surface area contributed by atoms with Gasteiger partial charge in [-0.05, 0) is 25.3 Å². The second-order valence-corrected chi connectivity index (χ2v) is 7.38. The predicted molar refractivity (Wildman–Crippen MR) is 104 cm³/mol. The minimum Gasteiger partial charge on any atom is -0.372 e. The zero-order valence-corrected chi connectivity index (χ0v) is 16.4. The summed E-state index contributed by atoms with van der Waals surface area (Å²) in [6.45, 7) is 3.26. The first-order valence-electron chi connectivity index (χ1n) is 9.77. The lowest BCUT2D eigenvalue weighted by molar-refractivity contribution is -0.133. The predicted octanol–water partition coefficient (Wildman–Crippen LogP) is -0.844. The summed E-state index contributed by atoms with van der Waals surface area (Å²) >= 11 is 0. The molecular weight excluding hydrogens is 378 g/mol. The Morgan fingerprint density at radius 1 is 1.24 bits per heavy atom. The molecule has 2 aliphatic heterocycles. The number of hydrogen-bond acceptors (Lipinski definition) is 5. The molecule has 1 saturated heterocycles. The van der Waals surface area contributed by atoms with Crippen molar-refractivity contribution >= 4 is 17.8 Å². The Hall–Kier alpha value is -2.88. The molecule has 29 heavy (non-hydrogen) atoms. The average Bonchev–Trinajstić information content (AvgIpc) is 2.70. The van der Waals surface area contributed by atoms with Gasteiger partial charge in [0.15, 0.2) is 0 Å². The van der Waals surface area contributed by atoms with E-state index in [9.17, 15) is 19.2 Å². The molecule has 1 aromatic rings. The number of likely N-dealkylation sites (tertiary alicyclic amines) is 1. The van der Waals surface area contributed by atoms with Crippen LogP contribution in [0.3, 0.4) is 0 Å². The summed E-state index contributed by atoms with van der Waals surface area (Å²) in [5.74, 6) is -0.430. The van der Waals surface area contributed by atoms with Crippen LogP contribution in [-0.4, -0.2) is 66.7 Å². The van der Waals surface area contributed by atoms with Gasteiger partial charge >= 0.3 is 6.03 Å². The van der Waals surface area contributed by atoms with Gasteiger partial charge in [-0.2, -0.15) is 0 Å². The molecule has 3 atom stereocenters. The van der Waals surface area contributed by atoms with Crippen LogP contribution in [0.4, 0.5) is 4.79 Å². The van der Waals surface area contributed by atoms with Crippen LogP contribution in [0.5, 0.6) is 0 Å². The van der Waals surface area contributed by atoms with Gasteiger partial charge in [-0.3, -0.25) is 14.4 Å². The second kappa shape index (κ2) is 9.08. The number of carbonyl (C=O) groups excluding carboxylic acids is 3. The van der Waals surface area contributed by atoms with E-state index in [4.69, 9.17) is 10.5 Å². The molecule has 1 fully saturated rings. The molecule has 0 aliphatic carbocycles. The summed E-state index contributed by atoms with van der Waals surface area (Å²) in [5.41, 5.74) is 5.80. The van der Waals surface area contributed by atoms with Crippen molar-refractivity contribution in [2.45, 2.75) is 25.3 Å². The number of piperidine rings is 1. The summed E-state index contributed by atoms with van der Waals surface area (Å²) < 4.78 is 6.88. The van der Waals surface area contributed by atoms with E-state index >= 15 is 0 Å². The molecular formula is C19H27N5O5. The number of aromatic nitrogens is 1. The molecule has 4 amide bonds. The number of amides is 4. The number of nitrogens with two attached hydrogens (primary N) is 1. The number of rotatable bonds is 7. The van der Waals surface area contributed by atoms with Crippen molar-refractivity contribution in [2.24, 2.45) is 11.7 Å². The van der Waals surface area contributed by atoms with E-state index < -0.39 is 6.03 Å². The van der Waals surface area contributed by atoms with E-state index in [0.29, 0.717) is 19.7 Å². The lowest BCUT2D eigenvalue weighted by Crippen LogP contribution is -2.54. The van der Waals surface area contributed by atoms with Crippen LogP contribution in [0.1, 0.15) is 31.0 Å². The van der Waals surface area contributed by atoms with Crippen LogP contribution in [-0.2, 0) is 14.3 Å². The molecule has 10 nitrogen and oxygen atoms in total. The quantitative estimate of drug-likeness (QED) is 0.543. The Morgan fingerprint density at radius 3 is 2.76 bits per heavy atom. The molecule has 10 heteroatoms. The molecule has 0 saturated carbocycles. The van der Waals surface area contributed by atoms with Gasteiger partial charge in [0.05, 0.1) is 12.6 Å². The third-order valence-corrected chi connectivity index (χ3v) is 5.51. The molecule has 1 aromatic heterocycles. The van der Waals surface area contributed by atoms with E-state index in [1.807, 2.05) is 13.0 Å². The Kier molecular flexibility index (Phi) is 6.53. The number of nitrogens with zero attached hydrogens (tertiary/aromatic N) is 2. The highest BCUT2D eigenvalue weighted by atomic mass is 16.5.